The first kappa shape index (κ1) is 20.2. The Morgan fingerprint density at radius 2 is 1.79 bits per heavy atom. The number of carbonyl (C=O) groups is 2. The average molecular weight is 392 g/mol. The number of carbonyl (C=O) groups excluding carboxylic acids is 2. The van der Waals surface area contributed by atoms with Crippen molar-refractivity contribution in [2.45, 2.75) is 20.4 Å². The van der Waals surface area contributed by atoms with E-state index in [0.717, 1.165) is 11.1 Å². The number of benzene rings is 1. The summed E-state index contributed by atoms with van der Waals surface area (Å²) < 4.78 is 1.62. The molecule has 0 saturated heterocycles. The largest absolute Gasteiger partial charge is 0.348 e. The highest BCUT2D eigenvalue weighted by atomic mass is 16.2. The minimum absolute atomic E-state index is 0.150. The molecule has 2 heterocycles. The summed E-state index contributed by atoms with van der Waals surface area (Å²) in [5, 5.41) is 7.09. The van der Waals surface area contributed by atoms with Crippen LogP contribution in [0.25, 0.3) is 11.3 Å². The molecule has 0 spiro atoms. The van der Waals surface area contributed by atoms with Crippen molar-refractivity contribution in [3.8, 4) is 11.3 Å². The van der Waals surface area contributed by atoms with E-state index in [0.29, 0.717) is 34.9 Å². The van der Waals surface area contributed by atoms with E-state index in [1.807, 2.05) is 24.3 Å². The van der Waals surface area contributed by atoms with Crippen molar-refractivity contribution < 1.29 is 9.59 Å². The molecule has 0 aliphatic heterocycles. The van der Waals surface area contributed by atoms with Gasteiger partial charge in [-0.05, 0) is 19.4 Å². The van der Waals surface area contributed by atoms with Crippen LogP contribution in [0.3, 0.4) is 0 Å². The van der Waals surface area contributed by atoms with Crippen molar-refractivity contribution in [2.75, 3.05) is 14.1 Å². The van der Waals surface area contributed by atoms with Crippen LogP contribution >= 0.6 is 0 Å². The molecule has 2 amide bonds. The fraction of sp³-hybridized carbons (Fsp3) is 0.286. The predicted octanol–water partition coefficient (Wildman–Crippen LogP) is 2.13. The van der Waals surface area contributed by atoms with Gasteiger partial charge in [-0.1, -0.05) is 24.3 Å². The van der Waals surface area contributed by atoms with Crippen LogP contribution in [-0.4, -0.2) is 50.6 Å². The third-order valence-corrected chi connectivity index (χ3v) is 4.48. The lowest BCUT2D eigenvalue weighted by molar-refractivity contribution is 0.0827. The van der Waals surface area contributed by atoms with Gasteiger partial charge in [-0.25, -0.2) is 9.97 Å². The number of nitrogens with zero attached hydrogens (tertiary/aromatic N) is 5. The van der Waals surface area contributed by atoms with Crippen molar-refractivity contribution in [3.05, 3.63) is 64.9 Å². The zero-order valence-electron chi connectivity index (χ0n) is 17.2. The topological polar surface area (TPSA) is 93.0 Å². The Balaban J connectivity index is 1.77. The second kappa shape index (κ2) is 8.22. The molecule has 0 unspecified atom stereocenters. The maximum absolute atomic E-state index is 12.4. The SMILES string of the molecule is Cc1ncc(C(=O)N(C)C)c(-c2ccc(CNC(=O)c3cn(C)nc3C)cc2)n1. The van der Waals surface area contributed by atoms with E-state index >= 15 is 0 Å². The van der Waals surface area contributed by atoms with Crippen molar-refractivity contribution in [2.24, 2.45) is 7.05 Å². The van der Waals surface area contributed by atoms with Crippen molar-refractivity contribution in [1.82, 2.24) is 30.0 Å². The molecular formula is C21H24N6O2. The van der Waals surface area contributed by atoms with Gasteiger partial charge in [0, 0.05) is 45.6 Å². The fourth-order valence-electron chi connectivity index (χ4n) is 2.97. The number of hydrogen-bond donors (Lipinski definition) is 1. The number of rotatable bonds is 5. The van der Waals surface area contributed by atoms with Crippen LogP contribution in [0.1, 0.15) is 37.8 Å². The predicted molar refractivity (Wildman–Crippen MR) is 109 cm³/mol. The van der Waals surface area contributed by atoms with Crippen LogP contribution in [-0.2, 0) is 13.6 Å². The Morgan fingerprint density at radius 1 is 1.10 bits per heavy atom. The standard InChI is InChI=1S/C21H24N6O2/c1-13-18(12-27(5)25-13)20(28)23-10-15-6-8-16(9-7-15)19-17(21(29)26(3)4)11-22-14(2)24-19/h6-9,11-12H,10H2,1-5H3,(H,23,28). The average Bonchev–Trinajstić information content (AvgIpc) is 3.04. The fourth-order valence-corrected chi connectivity index (χ4v) is 2.97. The summed E-state index contributed by atoms with van der Waals surface area (Å²) >= 11 is 0. The second-order valence-electron chi connectivity index (χ2n) is 7.06. The van der Waals surface area contributed by atoms with Crippen LogP contribution in [0.5, 0.6) is 0 Å². The highest BCUT2D eigenvalue weighted by Crippen LogP contribution is 2.23. The summed E-state index contributed by atoms with van der Waals surface area (Å²) in [6, 6.07) is 7.61. The van der Waals surface area contributed by atoms with Crippen LogP contribution < -0.4 is 5.32 Å². The molecule has 0 bridgehead atoms. The van der Waals surface area contributed by atoms with Crippen molar-refractivity contribution >= 4 is 11.8 Å². The molecule has 0 radical (unpaired) electrons. The molecule has 0 aliphatic rings. The number of nitrogens with one attached hydrogen (secondary N) is 1. The molecule has 2 aromatic heterocycles. The molecular weight excluding hydrogens is 368 g/mol. The number of hydrogen-bond acceptors (Lipinski definition) is 5. The minimum Gasteiger partial charge on any atom is -0.348 e. The monoisotopic (exact) mass is 392 g/mol. The molecule has 3 aromatic rings. The normalized spacial score (nSPS) is 10.7. The van der Waals surface area contributed by atoms with E-state index < -0.39 is 0 Å². The third-order valence-electron chi connectivity index (χ3n) is 4.48. The molecule has 1 aromatic carbocycles. The van der Waals surface area contributed by atoms with E-state index in [-0.39, 0.29) is 11.8 Å². The van der Waals surface area contributed by atoms with Crippen LogP contribution in [0.4, 0.5) is 0 Å². The Morgan fingerprint density at radius 3 is 2.38 bits per heavy atom. The van der Waals surface area contributed by atoms with Gasteiger partial charge >= 0.3 is 0 Å². The first-order valence-corrected chi connectivity index (χ1v) is 9.19. The van der Waals surface area contributed by atoms with Gasteiger partial charge in [0.05, 0.1) is 22.5 Å². The maximum atomic E-state index is 12.4. The van der Waals surface area contributed by atoms with Crippen molar-refractivity contribution in [1.29, 1.82) is 0 Å². The highest BCUT2D eigenvalue weighted by Gasteiger charge is 2.17. The summed E-state index contributed by atoms with van der Waals surface area (Å²) in [5.74, 6) is 0.284. The van der Waals surface area contributed by atoms with Gasteiger partial charge in [0.25, 0.3) is 11.8 Å². The molecule has 0 saturated carbocycles. The highest BCUT2D eigenvalue weighted by molar-refractivity contribution is 5.99. The first-order chi connectivity index (χ1) is 13.8. The Labute approximate surface area is 169 Å². The second-order valence-corrected chi connectivity index (χ2v) is 7.06. The number of aromatic nitrogens is 4. The molecule has 1 N–H and O–H groups in total. The quantitative estimate of drug-likeness (QED) is 0.718. The van der Waals surface area contributed by atoms with E-state index in [9.17, 15) is 9.59 Å². The summed E-state index contributed by atoms with van der Waals surface area (Å²) in [6.07, 6.45) is 3.26. The smallest absolute Gasteiger partial charge is 0.257 e. The Bertz CT molecular complexity index is 1050. The lowest BCUT2D eigenvalue weighted by Crippen LogP contribution is -2.23. The molecule has 29 heavy (non-hydrogen) atoms. The maximum Gasteiger partial charge on any atom is 0.257 e. The van der Waals surface area contributed by atoms with Gasteiger partial charge in [-0.15, -0.1) is 0 Å². The zero-order chi connectivity index (χ0) is 21.1. The van der Waals surface area contributed by atoms with Gasteiger partial charge in [0.2, 0.25) is 0 Å². The molecule has 8 heteroatoms. The summed E-state index contributed by atoms with van der Waals surface area (Å²) in [5.41, 5.74) is 4.06. The van der Waals surface area contributed by atoms with Gasteiger partial charge in [-0.2, -0.15) is 5.10 Å². The van der Waals surface area contributed by atoms with Gasteiger partial charge in [0.1, 0.15) is 5.82 Å². The minimum atomic E-state index is -0.162. The summed E-state index contributed by atoms with van der Waals surface area (Å²) in [6.45, 7) is 3.98. The molecule has 0 fully saturated rings. The number of aryl methyl sites for hydroxylation is 3. The lowest BCUT2D eigenvalue weighted by Gasteiger charge is -2.14. The Hall–Kier alpha value is -3.55. The van der Waals surface area contributed by atoms with Crippen LogP contribution in [0, 0.1) is 13.8 Å². The number of amides is 2. The first-order valence-electron chi connectivity index (χ1n) is 9.19. The van der Waals surface area contributed by atoms with Gasteiger partial charge in [0.15, 0.2) is 0 Å². The van der Waals surface area contributed by atoms with E-state index in [1.54, 1.807) is 52.1 Å². The summed E-state index contributed by atoms with van der Waals surface area (Å²) in [7, 11) is 5.18. The molecule has 150 valence electrons. The molecule has 3 rings (SSSR count). The zero-order valence-corrected chi connectivity index (χ0v) is 17.2. The molecule has 0 aliphatic carbocycles. The van der Waals surface area contributed by atoms with Gasteiger partial charge < -0.3 is 10.2 Å². The summed E-state index contributed by atoms with van der Waals surface area (Å²) in [4.78, 5) is 34.9. The van der Waals surface area contributed by atoms with E-state index in [4.69, 9.17) is 0 Å². The lowest BCUT2D eigenvalue weighted by atomic mass is 10.0. The van der Waals surface area contributed by atoms with Crippen molar-refractivity contribution in [3.63, 3.8) is 0 Å². The van der Waals surface area contributed by atoms with Crippen LogP contribution in [0.2, 0.25) is 0 Å². The van der Waals surface area contributed by atoms with E-state index in [1.165, 1.54) is 4.90 Å². The Kier molecular flexibility index (Phi) is 5.72. The third kappa shape index (κ3) is 4.48. The molecule has 0 atom stereocenters. The van der Waals surface area contributed by atoms with Crippen LogP contribution in [0.15, 0.2) is 36.7 Å². The van der Waals surface area contributed by atoms with E-state index in [2.05, 4.69) is 20.4 Å². The molecule has 8 nitrogen and oxygen atoms in total. The van der Waals surface area contributed by atoms with Gasteiger partial charge in [-0.3, -0.25) is 14.3 Å².